The maximum absolute atomic E-state index is 13.3. The molecule has 1 aliphatic heterocycles. The van der Waals surface area contributed by atoms with Gasteiger partial charge in [-0.05, 0) is 55.0 Å². The molecule has 11 heteroatoms. The molecular formula is C35H36ClN5O4S. The lowest BCUT2D eigenvalue weighted by Gasteiger charge is -2.12. The molecule has 0 spiro atoms. The van der Waals surface area contributed by atoms with Crippen LogP contribution in [-0.4, -0.2) is 52.1 Å². The Morgan fingerprint density at radius 1 is 1.11 bits per heavy atom. The van der Waals surface area contributed by atoms with Gasteiger partial charge in [-0.15, -0.1) is 11.8 Å². The van der Waals surface area contributed by atoms with E-state index in [2.05, 4.69) is 12.1 Å². The number of aromatic nitrogens is 3. The van der Waals surface area contributed by atoms with E-state index in [4.69, 9.17) is 42.1 Å². The quantitative estimate of drug-likeness (QED) is 0.187. The lowest BCUT2D eigenvalue weighted by molar-refractivity contribution is 0.0589. The summed E-state index contributed by atoms with van der Waals surface area (Å²) in [5.41, 5.74) is 12.5. The van der Waals surface area contributed by atoms with Crippen LogP contribution in [0.15, 0.2) is 65.2 Å². The Hall–Kier alpha value is -4.25. The average molecular weight is 658 g/mol. The topological polar surface area (TPSA) is 117 Å². The summed E-state index contributed by atoms with van der Waals surface area (Å²) in [7, 11) is 5.14. The van der Waals surface area contributed by atoms with Crippen molar-refractivity contribution in [1.29, 1.82) is 5.41 Å². The van der Waals surface area contributed by atoms with Crippen LogP contribution in [0.1, 0.15) is 33.9 Å². The van der Waals surface area contributed by atoms with Gasteiger partial charge < -0.3 is 29.9 Å². The van der Waals surface area contributed by atoms with Crippen molar-refractivity contribution in [2.24, 2.45) is 19.8 Å². The number of rotatable bonds is 1. The van der Waals surface area contributed by atoms with Crippen molar-refractivity contribution in [3.05, 3.63) is 88.0 Å². The molecule has 3 heterocycles. The number of hydrogen-bond acceptors (Lipinski definition) is 8. The summed E-state index contributed by atoms with van der Waals surface area (Å²) >= 11 is 8.52. The molecule has 3 N–H and O–H groups in total. The summed E-state index contributed by atoms with van der Waals surface area (Å²) in [4.78, 5) is 14.2. The second kappa shape index (κ2) is 13.2. The first-order valence-electron chi connectivity index (χ1n) is 15.0. The number of carbonyl (C=O) groups excluding carboxylic acids is 1. The van der Waals surface area contributed by atoms with E-state index in [1.165, 1.54) is 7.11 Å². The normalized spacial score (nSPS) is 16.0. The van der Waals surface area contributed by atoms with Crippen molar-refractivity contribution >= 4 is 56.7 Å². The number of allylic oxidation sites excluding steroid dienone is 1. The Labute approximate surface area is 276 Å². The SMILES string of the molecule is COC(=O)c1c2c3ccc(Cl)c(c3n1C)-c1c(nn(C)c1C)COC/C(N)=C/C(=N)CSc1cc(c3ccccc3c1)OCCC2. The molecule has 3 aromatic carbocycles. The van der Waals surface area contributed by atoms with Crippen molar-refractivity contribution in [3.63, 3.8) is 0 Å². The van der Waals surface area contributed by atoms with Gasteiger partial charge >= 0.3 is 5.97 Å². The van der Waals surface area contributed by atoms with E-state index in [0.29, 0.717) is 53.0 Å². The van der Waals surface area contributed by atoms with Crippen molar-refractivity contribution in [2.75, 3.05) is 26.1 Å². The standard InChI is InChI=1S/C35H36ClN5O4S/c1-20-31-29(39-41(20)3)18-44-17-22(37)15-23(38)19-46-24-14-21-8-5-6-9-25(21)30(16-24)45-13-7-10-26-27-11-12-28(36)32(31)33(27)40(2)34(26)35(42)43-4/h5-6,8-9,11-12,14-16,38H,7,10,13,17-19,37H2,1-4H3/b22-15-,38-23?. The molecule has 6 rings (SSSR count). The molecule has 5 aromatic rings. The fourth-order valence-corrected chi connectivity index (χ4v) is 7.22. The van der Waals surface area contributed by atoms with Gasteiger partial charge in [-0.1, -0.05) is 41.9 Å². The van der Waals surface area contributed by atoms with E-state index in [-0.39, 0.29) is 13.2 Å². The molecule has 0 saturated heterocycles. The van der Waals surface area contributed by atoms with Crippen molar-refractivity contribution in [3.8, 4) is 16.9 Å². The number of esters is 1. The number of ether oxygens (including phenoxy) is 3. The summed E-state index contributed by atoms with van der Waals surface area (Å²) in [5, 5.41) is 16.8. The third kappa shape index (κ3) is 6.00. The minimum atomic E-state index is -0.416. The number of carbonyl (C=O) groups is 1. The third-order valence-corrected chi connectivity index (χ3v) is 9.67. The smallest absolute Gasteiger partial charge is 0.354 e. The van der Waals surface area contributed by atoms with Gasteiger partial charge in [-0.2, -0.15) is 5.10 Å². The number of nitrogens with one attached hydrogen (secondary N) is 1. The maximum atomic E-state index is 13.3. The molecule has 0 aliphatic carbocycles. The highest BCUT2D eigenvalue weighted by atomic mass is 35.5. The van der Waals surface area contributed by atoms with E-state index in [0.717, 1.165) is 54.7 Å². The lowest BCUT2D eigenvalue weighted by Crippen LogP contribution is -2.11. The third-order valence-electron chi connectivity index (χ3n) is 8.33. The Morgan fingerprint density at radius 2 is 1.91 bits per heavy atom. The van der Waals surface area contributed by atoms with Crippen LogP contribution in [0.5, 0.6) is 5.75 Å². The van der Waals surface area contributed by atoms with Gasteiger partial charge in [0.2, 0.25) is 0 Å². The van der Waals surface area contributed by atoms with Gasteiger partial charge in [-0.25, -0.2) is 4.79 Å². The van der Waals surface area contributed by atoms with E-state index in [1.54, 1.807) is 22.5 Å². The highest BCUT2D eigenvalue weighted by Crippen LogP contribution is 2.42. The van der Waals surface area contributed by atoms with Crippen molar-refractivity contribution in [1.82, 2.24) is 14.3 Å². The van der Waals surface area contributed by atoms with E-state index in [1.807, 2.05) is 62.0 Å². The van der Waals surface area contributed by atoms with Crippen LogP contribution in [0.3, 0.4) is 0 Å². The van der Waals surface area contributed by atoms with Crippen LogP contribution < -0.4 is 10.5 Å². The van der Waals surface area contributed by atoms with Crippen LogP contribution >= 0.6 is 23.4 Å². The summed E-state index contributed by atoms with van der Waals surface area (Å²) < 4.78 is 21.4. The van der Waals surface area contributed by atoms with E-state index >= 15 is 0 Å². The van der Waals surface area contributed by atoms with Crippen LogP contribution in [0.2, 0.25) is 5.02 Å². The molecule has 0 amide bonds. The maximum Gasteiger partial charge on any atom is 0.354 e. The Kier molecular flexibility index (Phi) is 9.13. The zero-order chi connectivity index (χ0) is 32.5. The number of nitrogens with zero attached hydrogens (tertiary/aromatic N) is 3. The van der Waals surface area contributed by atoms with Crippen LogP contribution in [-0.2, 0) is 36.6 Å². The van der Waals surface area contributed by atoms with Crippen molar-refractivity contribution < 1.29 is 19.0 Å². The molecule has 238 valence electrons. The summed E-state index contributed by atoms with van der Waals surface area (Å²) in [6.07, 6.45) is 2.89. The highest BCUT2D eigenvalue weighted by Gasteiger charge is 2.28. The molecule has 0 radical (unpaired) electrons. The molecule has 1 aliphatic rings. The second-order valence-corrected chi connectivity index (χ2v) is 12.8. The Balaban J connectivity index is 1.48. The van der Waals surface area contributed by atoms with E-state index < -0.39 is 5.97 Å². The molecule has 9 nitrogen and oxygen atoms in total. The van der Waals surface area contributed by atoms with Crippen molar-refractivity contribution in [2.45, 2.75) is 31.3 Å². The number of nitrogens with two attached hydrogens (primary N) is 1. The number of thioether (sulfide) groups is 1. The number of halogens is 1. The fraction of sp³-hybridized carbons (Fsp3) is 0.286. The monoisotopic (exact) mass is 657 g/mol. The van der Waals surface area contributed by atoms with Gasteiger partial charge in [0.05, 0.1) is 43.2 Å². The van der Waals surface area contributed by atoms with Gasteiger partial charge in [-0.3, -0.25) is 4.68 Å². The highest BCUT2D eigenvalue weighted by molar-refractivity contribution is 8.00. The Bertz CT molecular complexity index is 2030. The minimum Gasteiger partial charge on any atom is -0.493 e. The molecule has 46 heavy (non-hydrogen) atoms. The van der Waals surface area contributed by atoms with Crippen LogP contribution in [0, 0.1) is 12.3 Å². The number of hydrogen-bond donors (Lipinski definition) is 2. The molecular weight excluding hydrogens is 622 g/mol. The fourth-order valence-electron chi connectivity index (χ4n) is 6.17. The molecule has 0 atom stereocenters. The first-order chi connectivity index (χ1) is 22.2. The predicted molar refractivity (Wildman–Crippen MR) is 184 cm³/mol. The summed E-state index contributed by atoms with van der Waals surface area (Å²) in [6, 6.07) is 16.1. The largest absolute Gasteiger partial charge is 0.493 e. The zero-order valence-electron chi connectivity index (χ0n) is 26.3. The first kappa shape index (κ1) is 31.7. The molecule has 0 saturated carbocycles. The van der Waals surface area contributed by atoms with Gasteiger partial charge in [0.25, 0.3) is 0 Å². The second-order valence-electron chi connectivity index (χ2n) is 11.3. The molecule has 6 bridgehead atoms. The van der Waals surface area contributed by atoms with Crippen LogP contribution in [0.25, 0.3) is 32.8 Å². The predicted octanol–water partition coefficient (Wildman–Crippen LogP) is 6.98. The molecule has 0 unspecified atom stereocenters. The number of fused-ring (bicyclic) bond motifs is 6. The average Bonchev–Trinajstić information content (AvgIpc) is 3.48. The zero-order valence-corrected chi connectivity index (χ0v) is 27.8. The number of benzene rings is 3. The van der Waals surface area contributed by atoms with Crippen LogP contribution in [0.4, 0.5) is 0 Å². The summed E-state index contributed by atoms with van der Waals surface area (Å²) in [5.74, 6) is 0.805. The van der Waals surface area contributed by atoms with Gasteiger partial charge in [0, 0.05) is 63.7 Å². The molecule has 2 aromatic heterocycles. The minimum absolute atomic E-state index is 0.134. The molecule has 0 fully saturated rings. The number of methoxy groups -OCH3 is 1. The van der Waals surface area contributed by atoms with Gasteiger partial charge in [0.1, 0.15) is 11.4 Å². The Morgan fingerprint density at radius 3 is 2.72 bits per heavy atom. The first-order valence-corrected chi connectivity index (χ1v) is 16.3. The summed E-state index contributed by atoms with van der Waals surface area (Å²) in [6.45, 7) is 2.73. The van der Waals surface area contributed by atoms with E-state index in [9.17, 15) is 4.79 Å². The van der Waals surface area contributed by atoms with Gasteiger partial charge in [0.15, 0.2) is 0 Å². The lowest BCUT2D eigenvalue weighted by atomic mass is 9.98. The number of aryl methyl sites for hydroxylation is 3.